The van der Waals surface area contributed by atoms with Crippen molar-refractivity contribution in [1.29, 1.82) is 0 Å². The Kier molecular flexibility index (Phi) is 6.07. The second-order valence-electron chi connectivity index (χ2n) is 6.85. The van der Waals surface area contributed by atoms with Crippen LogP contribution in [-0.2, 0) is 4.74 Å². The van der Waals surface area contributed by atoms with Gasteiger partial charge in [0.15, 0.2) is 17.5 Å². The molecule has 1 N–H and O–H groups in total. The molecule has 0 fully saturated rings. The van der Waals surface area contributed by atoms with Crippen LogP contribution in [0.4, 0.5) is 0 Å². The van der Waals surface area contributed by atoms with Crippen molar-refractivity contribution in [3.63, 3.8) is 0 Å². The minimum absolute atomic E-state index is 0.00169. The van der Waals surface area contributed by atoms with Gasteiger partial charge in [-0.05, 0) is 31.2 Å². The maximum atomic E-state index is 12.0. The highest BCUT2D eigenvalue weighted by Crippen LogP contribution is 2.32. The number of ether oxygens (including phenoxy) is 2. The van der Waals surface area contributed by atoms with Gasteiger partial charge in [0.05, 0.1) is 24.8 Å². The largest absolute Gasteiger partial charge is 0.507 e. The summed E-state index contributed by atoms with van der Waals surface area (Å²) in [6, 6.07) is 21.3. The first-order valence-electron chi connectivity index (χ1n) is 10.1. The van der Waals surface area contributed by atoms with Gasteiger partial charge in [-0.3, -0.25) is 0 Å². The lowest BCUT2D eigenvalue weighted by molar-refractivity contribution is 0.0526. The van der Waals surface area contributed by atoms with Gasteiger partial charge in [0.25, 0.3) is 0 Å². The summed E-state index contributed by atoms with van der Waals surface area (Å²) in [6.07, 6.45) is 0. The van der Waals surface area contributed by atoms with E-state index < -0.39 is 0 Å². The molecule has 0 aliphatic heterocycles. The summed E-state index contributed by atoms with van der Waals surface area (Å²) in [5.41, 5.74) is 2.41. The predicted molar refractivity (Wildman–Crippen MR) is 120 cm³/mol. The minimum Gasteiger partial charge on any atom is -0.507 e. The number of aromatic nitrogens is 3. The van der Waals surface area contributed by atoms with E-state index in [9.17, 15) is 9.90 Å². The van der Waals surface area contributed by atoms with E-state index in [4.69, 9.17) is 9.47 Å². The highest BCUT2D eigenvalue weighted by Gasteiger charge is 2.16. The zero-order chi connectivity index (χ0) is 22.5. The minimum atomic E-state index is -0.386. The SMILES string of the molecule is CCOC(=O)c1ccc(-c2nc(-c3ccccc3)nc(-c3ccc(OC)cc3O)n2)cc1. The first kappa shape index (κ1) is 21.0. The van der Waals surface area contributed by atoms with Crippen molar-refractivity contribution >= 4 is 5.97 Å². The molecule has 1 aromatic heterocycles. The Morgan fingerprint density at radius 2 is 1.47 bits per heavy atom. The first-order valence-corrected chi connectivity index (χ1v) is 10.1. The smallest absolute Gasteiger partial charge is 0.338 e. The van der Waals surface area contributed by atoms with E-state index in [1.165, 1.54) is 13.2 Å². The van der Waals surface area contributed by atoms with E-state index in [2.05, 4.69) is 15.0 Å². The van der Waals surface area contributed by atoms with Gasteiger partial charge in [-0.25, -0.2) is 19.7 Å². The standard InChI is InChI=1S/C25H21N3O4/c1-3-32-25(30)18-11-9-17(10-12-18)23-26-22(16-7-5-4-6-8-16)27-24(28-23)20-14-13-19(31-2)15-21(20)29/h4-15,29H,3H2,1-2H3. The second kappa shape index (κ2) is 9.26. The zero-order valence-corrected chi connectivity index (χ0v) is 17.6. The molecule has 4 rings (SSSR count). The fourth-order valence-electron chi connectivity index (χ4n) is 3.14. The molecule has 160 valence electrons. The van der Waals surface area contributed by atoms with Crippen molar-refractivity contribution in [3.8, 4) is 45.7 Å². The molecule has 0 spiro atoms. The Morgan fingerprint density at radius 1 is 0.844 bits per heavy atom. The lowest BCUT2D eigenvalue weighted by Crippen LogP contribution is -2.04. The molecule has 0 saturated carbocycles. The fraction of sp³-hybridized carbons (Fsp3) is 0.120. The second-order valence-corrected chi connectivity index (χ2v) is 6.85. The van der Waals surface area contributed by atoms with Gasteiger partial charge in [-0.2, -0.15) is 0 Å². The number of methoxy groups -OCH3 is 1. The molecule has 1 heterocycles. The lowest BCUT2D eigenvalue weighted by Gasteiger charge is -2.10. The summed E-state index contributed by atoms with van der Waals surface area (Å²) in [6.45, 7) is 2.07. The molecule has 0 radical (unpaired) electrons. The van der Waals surface area contributed by atoms with E-state index in [1.807, 2.05) is 30.3 Å². The molecule has 0 aliphatic carbocycles. The Labute approximate surface area is 185 Å². The Balaban J connectivity index is 1.82. The van der Waals surface area contributed by atoms with Crippen LogP contribution < -0.4 is 4.74 Å². The van der Waals surface area contributed by atoms with Gasteiger partial charge in [0.1, 0.15) is 11.5 Å². The average molecular weight is 427 g/mol. The van der Waals surface area contributed by atoms with Crippen LogP contribution in [0, 0.1) is 0 Å². The number of phenols is 1. The van der Waals surface area contributed by atoms with Crippen LogP contribution in [0.15, 0.2) is 72.8 Å². The number of benzene rings is 3. The van der Waals surface area contributed by atoms with Gasteiger partial charge < -0.3 is 14.6 Å². The molecule has 0 saturated heterocycles. The van der Waals surface area contributed by atoms with E-state index >= 15 is 0 Å². The zero-order valence-electron chi connectivity index (χ0n) is 17.6. The average Bonchev–Trinajstić information content (AvgIpc) is 2.84. The monoisotopic (exact) mass is 427 g/mol. The number of rotatable bonds is 6. The summed E-state index contributed by atoms with van der Waals surface area (Å²) in [5, 5.41) is 10.5. The van der Waals surface area contributed by atoms with E-state index in [1.54, 1.807) is 43.3 Å². The normalized spacial score (nSPS) is 10.6. The van der Waals surface area contributed by atoms with Crippen LogP contribution in [0.25, 0.3) is 34.2 Å². The molecular weight excluding hydrogens is 406 g/mol. The molecule has 0 atom stereocenters. The van der Waals surface area contributed by atoms with E-state index in [0.29, 0.717) is 46.5 Å². The number of carbonyl (C=O) groups is 1. The van der Waals surface area contributed by atoms with Crippen LogP contribution in [-0.4, -0.2) is 39.7 Å². The van der Waals surface area contributed by atoms with Crippen molar-refractivity contribution in [2.24, 2.45) is 0 Å². The molecule has 32 heavy (non-hydrogen) atoms. The van der Waals surface area contributed by atoms with Crippen molar-refractivity contribution < 1.29 is 19.4 Å². The van der Waals surface area contributed by atoms with Gasteiger partial charge in [-0.1, -0.05) is 42.5 Å². The van der Waals surface area contributed by atoms with Crippen molar-refractivity contribution in [3.05, 3.63) is 78.4 Å². The molecule has 3 aromatic carbocycles. The number of hydrogen-bond acceptors (Lipinski definition) is 7. The molecule has 7 heteroatoms. The molecule has 7 nitrogen and oxygen atoms in total. The number of hydrogen-bond donors (Lipinski definition) is 1. The van der Waals surface area contributed by atoms with Crippen LogP contribution in [0.3, 0.4) is 0 Å². The summed E-state index contributed by atoms with van der Waals surface area (Å²) < 4.78 is 10.2. The van der Waals surface area contributed by atoms with Crippen LogP contribution in [0.1, 0.15) is 17.3 Å². The molecule has 0 unspecified atom stereocenters. The quantitative estimate of drug-likeness (QED) is 0.443. The third-order valence-electron chi connectivity index (χ3n) is 4.77. The summed E-state index contributed by atoms with van der Waals surface area (Å²) in [4.78, 5) is 25.8. The van der Waals surface area contributed by atoms with Gasteiger partial charge in [0.2, 0.25) is 0 Å². The number of phenolic OH excluding ortho intramolecular Hbond substituents is 1. The summed E-state index contributed by atoms with van der Waals surface area (Å²) >= 11 is 0. The first-order chi connectivity index (χ1) is 15.6. The summed E-state index contributed by atoms with van der Waals surface area (Å²) in [7, 11) is 1.53. The van der Waals surface area contributed by atoms with Gasteiger partial charge >= 0.3 is 5.97 Å². The maximum Gasteiger partial charge on any atom is 0.338 e. The molecule has 4 aromatic rings. The lowest BCUT2D eigenvalue weighted by atomic mass is 10.1. The molecular formula is C25H21N3O4. The third kappa shape index (κ3) is 4.41. The number of aromatic hydroxyl groups is 1. The molecule has 0 amide bonds. The molecule has 0 bridgehead atoms. The number of nitrogens with zero attached hydrogens (tertiary/aromatic N) is 3. The van der Waals surface area contributed by atoms with Crippen molar-refractivity contribution in [2.45, 2.75) is 6.92 Å². The van der Waals surface area contributed by atoms with Crippen LogP contribution in [0.2, 0.25) is 0 Å². The Bertz CT molecular complexity index is 1240. The van der Waals surface area contributed by atoms with Crippen LogP contribution in [0.5, 0.6) is 11.5 Å². The highest BCUT2D eigenvalue weighted by molar-refractivity contribution is 5.90. The number of carbonyl (C=O) groups excluding carboxylic acids is 1. The summed E-state index contributed by atoms with van der Waals surface area (Å²) in [5.74, 6) is 1.35. The van der Waals surface area contributed by atoms with Crippen molar-refractivity contribution in [1.82, 2.24) is 15.0 Å². The fourth-order valence-corrected chi connectivity index (χ4v) is 3.14. The van der Waals surface area contributed by atoms with Gasteiger partial charge in [0, 0.05) is 17.2 Å². The highest BCUT2D eigenvalue weighted by atomic mass is 16.5. The predicted octanol–water partition coefficient (Wildman–Crippen LogP) is 4.76. The van der Waals surface area contributed by atoms with Crippen LogP contribution >= 0.6 is 0 Å². The topological polar surface area (TPSA) is 94.4 Å². The van der Waals surface area contributed by atoms with E-state index in [0.717, 1.165) is 5.56 Å². The van der Waals surface area contributed by atoms with Crippen molar-refractivity contribution in [2.75, 3.05) is 13.7 Å². The Hall–Kier alpha value is -4.26. The van der Waals surface area contributed by atoms with E-state index in [-0.39, 0.29) is 11.7 Å². The molecule has 0 aliphatic rings. The third-order valence-corrected chi connectivity index (χ3v) is 4.77. The number of esters is 1. The van der Waals surface area contributed by atoms with Gasteiger partial charge in [-0.15, -0.1) is 0 Å². The maximum absolute atomic E-state index is 12.0. The Morgan fingerprint density at radius 3 is 2.06 bits per heavy atom.